The number of amides is 1. The summed E-state index contributed by atoms with van der Waals surface area (Å²) in [6.45, 7) is 0.912. The maximum atomic E-state index is 12.9. The number of hydrogen-bond donors (Lipinski definition) is 2. The molecule has 124 valence electrons. The number of imidazole rings is 1. The van der Waals surface area contributed by atoms with E-state index in [0.29, 0.717) is 17.9 Å². The first kappa shape index (κ1) is 14.7. The molecule has 1 aromatic carbocycles. The van der Waals surface area contributed by atoms with Gasteiger partial charge in [-0.15, -0.1) is 0 Å². The van der Waals surface area contributed by atoms with Crippen molar-refractivity contribution in [3.8, 4) is 5.75 Å². The van der Waals surface area contributed by atoms with E-state index in [2.05, 4.69) is 9.97 Å². The fourth-order valence-electron chi connectivity index (χ4n) is 3.33. The summed E-state index contributed by atoms with van der Waals surface area (Å²) in [5, 5.41) is 9.51. The van der Waals surface area contributed by atoms with Gasteiger partial charge in [-0.3, -0.25) is 4.79 Å². The number of nitrogens with zero attached hydrogens (tertiary/aromatic N) is 2. The van der Waals surface area contributed by atoms with Crippen molar-refractivity contribution in [3.63, 3.8) is 0 Å². The van der Waals surface area contributed by atoms with Gasteiger partial charge < -0.3 is 19.7 Å². The first-order valence-corrected chi connectivity index (χ1v) is 7.94. The molecule has 7 heteroatoms. The predicted molar refractivity (Wildman–Crippen MR) is 83.8 cm³/mol. The van der Waals surface area contributed by atoms with Gasteiger partial charge >= 0.3 is 5.97 Å². The number of rotatable bonds is 2. The highest BCUT2D eigenvalue weighted by atomic mass is 16.5. The Balaban J connectivity index is 1.66. The second kappa shape index (κ2) is 5.67. The highest BCUT2D eigenvalue weighted by molar-refractivity contribution is 5.97. The molecule has 0 spiro atoms. The number of H-pyrrole nitrogens is 1. The van der Waals surface area contributed by atoms with Crippen molar-refractivity contribution in [1.82, 2.24) is 14.9 Å². The van der Waals surface area contributed by atoms with E-state index in [1.165, 1.54) is 11.2 Å². The number of carbonyl (C=O) groups is 2. The van der Waals surface area contributed by atoms with Gasteiger partial charge in [0.25, 0.3) is 5.91 Å². The van der Waals surface area contributed by atoms with Crippen LogP contribution in [0.2, 0.25) is 0 Å². The number of fused-ring (bicyclic) bond motifs is 2. The van der Waals surface area contributed by atoms with Crippen molar-refractivity contribution in [2.45, 2.75) is 31.8 Å². The number of aliphatic carboxylic acids is 1. The van der Waals surface area contributed by atoms with Crippen molar-refractivity contribution in [3.05, 3.63) is 47.0 Å². The number of carbonyl (C=O) groups excluding carboxylic acids is 1. The molecule has 0 saturated carbocycles. The minimum Gasteiger partial charge on any atom is -0.493 e. The molecule has 3 heterocycles. The van der Waals surface area contributed by atoms with Gasteiger partial charge in [-0.1, -0.05) is 0 Å². The molecule has 24 heavy (non-hydrogen) atoms. The zero-order valence-electron chi connectivity index (χ0n) is 13.0. The van der Waals surface area contributed by atoms with Crippen LogP contribution in [0.5, 0.6) is 5.75 Å². The lowest BCUT2D eigenvalue weighted by Crippen LogP contribution is -2.48. The summed E-state index contributed by atoms with van der Waals surface area (Å²) in [6, 6.07) is 4.41. The quantitative estimate of drug-likeness (QED) is 0.869. The van der Waals surface area contributed by atoms with E-state index < -0.39 is 12.0 Å². The van der Waals surface area contributed by atoms with Crippen molar-refractivity contribution in [1.29, 1.82) is 0 Å². The summed E-state index contributed by atoms with van der Waals surface area (Å²) < 4.78 is 5.57. The van der Waals surface area contributed by atoms with E-state index >= 15 is 0 Å². The molecule has 2 aliphatic heterocycles. The number of nitrogens with one attached hydrogen (secondary N) is 1. The maximum absolute atomic E-state index is 12.9. The number of ether oxygens (including phenoxy) is 1. The fraction of sp³-hybridized carbons (Fsp3) is 0.353. The molecule has 7 nitrogen and oxygen atoms in total. The van der Waals surface area contributed by atoms with E-state index in [-0.39, 0.29) is 18.9 Å². The SMILES string of the molecule is O=C(O)[C@@H]1Cc2nc[nH]c2CN1C(=O)c1ccc2c(c1)CCCO2. The minimum atomic E-state index is -1.02. The molecule has 1 aromatic heterocycles. The highest BCUT2D eigenvalue weighted by Gasteiger charge is 2.36. The highest BCUT2D eigenvalue weighted by Crippen LogP contribution is 2.28. The summed E-state index contributed by atoms with van der Waals surface area (Å²) in [7, 11) is 0. The molecule has 0 fully saturated rings. The largest absolute Gasteiger partial charge is 0.493 e. The smallest absolute Gasteiger partial charge is 0.326 e. The normalized spacial score (nSPS) is 19.2. The number of benzene rings is 1. The molecule has 0 unspecified atom stereocenters. The third-order valence-electron chi connectivity index (χ3n) is 4.60. The van der Waals surface area contributed by atoms with Gasteiger partial charge in [0.1, 0.15) is 11.8 Å². The van der Waals surface area contributed by atoms with E-state index in [0.717, 1.165) is 29.8 Å². The molecule has 4 rings (SSSR count). The zero-order chi connectivity index (χ0) is 16.7. The van der Waals surface area contributed by atoms with Crippen molar-refractivity contribution in [2.24, 2.45) is 0 Å². The van der Waals surface area contributed by atoms with Crippen LogP contribution >= 0.6 is 0 Å². The Hall–Kier alpha value is -2.83. The molecule has 2 N–H and O–H groups in total. The average Bonchev–Trinajstić information content (AvgIpc) is 3.07. The molecule has 2 aliphatic rings. The Bertz CT molecular complexity index is 814. The van der Waals surface area contributed by atoms with E-state index in [1.54, 1.807) is 12.1 Å². The van der Waals surface area contributed by atoms with Gasteiger partial charge in [-0.2, -0.15) is 0 Å². The summed E-state index contributed by atoms with van der Waals surface area (Å²) >= 11 is 0. The molecule has 0 bridgehead atoms. The molecular weight excluding hydrogens is 310 g/mol. The van der Waals surface area contributed by atoms with Crippen LogP contribution in [0, 0.1) is 0 Å². The third-order valence-corrected chi connectivity index (χ3v) is 4.60. The van der Waals surface area contributed by atoms with Gasteiger partial charge in [-0.25, -0.2) is 9.78 Å². The van der Waals surface area contributed by atoms with Crippen LogP contribution in [0.1, 0.15) is 33.7 Å². The Kier molecular flexibility index (Phi) is 3.48. The van der Waals surface area contributed by atoms with Crippen molar-refractivity contribution in [2.75, 3.05) is 6.61 Å². The van der Waals surface area contributed by atoms with Crippen LogP contribution in [0.3, 0.4) is 0 Å². The second-order valence-corrected chi connectivity index (χ2v) is 6.09. The van der Waals surface area contributed by atoms with E-state index in [9.17, 15) is 14.7 Å². The minimum absolute atomic E-state index is 0.216. The van der Waals surface area contributed by atoms with Gasteiger partial charge in [0.05, 0.1) is 30.9 Å². The van der Waals surface area contributed by atoms with Crippen LogP contribution in [0.15, 0.2) is 24.5 Å². The van der Waals surface area contributed by atoms with E-state index in [1.807, 2.05) is 6.07 Å². The monoisotopic (exact) mass is 327 g/mol. The summed E-state index contributed by atoms with van der Waals surface area (Å²) in [5.74, 6) is -0.489. The lowest BCUT2D eigenvalue weighted by molar-refractivity contribution is -0.142. The maximum Gasteiger partial charge on any atom is 0.326 e. The molecule has 0 radical (unpaired) electrons. The van der Waals surface area contributed by atoms with E-state index in [4.69, 9.17) is 4.74 Å². The lowest BCUT2D eigenvalue weighted by Gasteiger charge is -2.32. The summed E-state index contributed by atoms with van der Waals surface area (Å²) in [6.07, 6.45) is 3.54. The molecule has 1 amide bonds. The Labute approximate surface area is 138 Å². The molecule has 2 aromatic rings. The van der Waals surface area contributed by atoms with Crippen LogP contribution in [-0.2, 0) is 24.2 Å². The Morgan fingerprint density at radius 3 is 3.08 bits per heavy atom. The van der Waals surface area contributed by atoms with Crippen LogP contribution in [0.4, 0.5) is 0 Å². The number of aromatic amines is 1. The molecular formula is C17H17N3O4. The van der Waals surface area contributed by atoms with Gasteiger partial charge in [0, 0.05) is 12.0 Å². The Morgan fingerprint density at radius 2 is 2.25 bits per heavy atom. The first-order chi connectivity index (χ1) is 11.6. The number of carboxylic acids is 1. The molecule has 0 aliphatic carbocycles. The van der Waals surface area contributed by atoms with Gasteiger partial charge in [0.2, 0.25) is 0 Å². The molecule has 1 atom stereocenters. The van der Waals surface area contributed by atoms with Crippen LogP contribution in [-0.4, -0.2) is 44.5 Å². The number of aromatic nitrogens is 2. The lowest BCUT2D eigenvalue weighted by atomic mass is 9.99. The summed E-state index contributed by atoms with van der Waals surface area (Å²) in [4.78, 5) is 33.1. The standard InChI is InChI=1S/C17H17N3O4/c21-16(11-3-4-15-10(6-11)2-1-5-24-15)20-8-13-12(18-9-19-13)7-14(20)17(22)23/h3-4,6,9,14H,1-2,5,7-8H2,(H,18,19)(H,22,23)/t14-/m0/s1. The van der Waals surface area contributed by atoms with Crippen LogP contribution in [0.25, 0.3) is 0 Å². The number of carboxylic acid groups (broad SMARTS) is 1. The third kappa shape index (κ3) is 2.42. The molecule has 0 saturated heterocycles. The topological polar surface area (TPSA) is 95.5 Å². The van der Waals surface area contributed by atoms with Crippen molar-refractivity contribution >= 4 is 11.9 Å². The van der Waals surface area contributed by atoms with Gasteiger partial charge in [-0.05, 0) is 36.6 Å². The second-order valence-electron chi connectivity index (χ2n) is 6.09. The first-order valence-electron chi connectivity index (χ1n) is 7.94. The Morgan fingerprint density at radius 1 is 1.38 bits per heavy atom. The van der Waals surface area contributed by atoms with Gasteiger partial charge in [0.15, 0.2) is 0 Å². The number of aryl methyl sites for hydroxylation is 1. The average molecular weight is 327 g/mol. The van der Waals surface area contributed by atoms with Crippen LogP contribution < -0.4 is 4.74 Å². The summed E-state index contributed by atoms with van der Waals surface area (Å²) in [5.41, 5.74) is 3.00. The number of hydrogen-bond acceptors (Lipinski definition) is 4. The fourth-order valence-corrected chi connectivity index (χ4v) is 3.33. The predicted octanol–water partition coefficient (Wildman–Crippen LogP) is 1.39. The zero-order valence-corrected chi connectivity index (χ0v) is 13.0. The van der Waals surface area contributed by atoms with Crippen molar-refractivity contribution < 1.29 is 19.4 Å².